The number of nitrogens with one attached hydrogen (secondary N) is 1. The fourth-order valence-corrected chi connectivity index (χ4v) is 3.19. The molecular weight excluding hydrogens is 296 g/mol. The van der Waals surface area contributed by atoms with Crippen molar-refractivity contribution in [1.29, 1.82) is 0 Å². The second-order valence-electron chi connectivity index (χ2n) is 7.14. The Labute approximate surface area is 137 Å². The third-order valence-electron chi connectivity index (χ3n) is 4.13. The lowest BCUT2D eigenvalue weighted by atomic mass is 10.0. The SMILES string of the molecule is CC(C)(C)OC(=O)N(C1=C2OCOC2=CCC1)C1CCCNC1. The minimum absolute atomic E-state index is 0.0876. The highest BCUT2D eigenvalue weighted by atomic mass is 16.7. The van der Waals surface area contributed by atoms with Gasteiger partial charge in [0, 0.05) is 6.54 Å². The number of hydrogen-bond acceptors (Lipinski definition) is 5. The number of carbonyl (C=O) groups is 1. The van der Waals surface area contributed by atoms with Gasteiger partial charge in [-0.3, -0.25) is 4.90 Å². The Balaban J connectivity index is 1.91. The summed E-state index contributed by atoms with van der Waals surface area (Å²) in [5, 5.41) is 3.37. The van der Waals surface area contributed by atoms with Crippen LogP contribution in [0.5, 0.6) is 0 Å². The van der Waals surface area contributed by atoms with E-state index in [9.17, 15) is 4.79 Å². The van der Waals surface area contributed by atoms with Crippen molar-refractivity contribution in [1.82, 2.24) is 10.2 Å². The van der Waals surface area contributed by atoms with E-state index in [4.69, 9.17) is 14.2 Å². The van der Waals surface area contributed by atoms with Crippen LogP contribution in [0.25, 0.3) is 0 Å². The minimum Gasteiger partial charge on any atom is -0.454 e. The maximum atomic E-state index is 12.9. The van der Waals surface area contributed by atoms with E-state index in [1.54, 1.807) is 4.90 Å². The molecule has 1 atom stereocenters. The molecule has 0 aromatic carbocycles. The second kappa shape index (κ2) is 6.43. The number of amides is 1. The Morgan fingerprint density at radius 1 is 1.39 bits per heavy atom. The summed E-state index contributed by atoms with van der Waals surface area (Å²) in [6.45, 7) is 7.66. The fraction of sp³-hybridized carbons (Fsp3) is 0.706. The maximum Gasteiger partial charge on any atom is 0.414 e. The van der Waals surface area contributed by atoms with E-state index in [0.717, 1.165) is 50.2 Å². The molecule has 0 aromatic rings. The van der Waals surface area contributed by atoms with Crippen LogP contribution in [0, 0.1) is 0 Å². The van der Waals surface area contributed by atoms with Gasteiger partial charge in [-0.05, 0) is 59.1 Å². The minimum atomic E-state index is -0.525. The third kappa shape index (κ3) is 3.63. The van der Waals surface area contributed by atoms with Gasteiger partial charge in [0.05, 0.1) is 11.7 Å². The van der Waals surface area contributed by atoms with Crippen LogP contribution in [-0.4, -0.2) is 42.5 Å². The fourth-order valence-electron chi connectivity index (χ4n) is 3.19. The zero-order valence-electron chi connectivity index (χ0n) is 14.2. The molecule has 2 fully saturated rings. The molecule has 0 saturated carbocycles. The van der Waals surface area contributed by atoms with Gasteiger partial charge in [-0.1, -0.05) is 0 Å². The average Bonchev–Trinajstić information content (AvgIpc) is 2.96. The topological polar surface area (TPSA) is 60.0 Å². The number of nitrogens with zero attached hydrogens (tertiary/aromatic N) is 1. The number of ether oxygens (including phenoxy) is 3. The zero-order chi connectivity index (χ0) is 16.4. The number of allylic oxidation sites excluding steroid dienone is 2. The molecular formula is C17H26N2O4. The van der Waals surface area contributed by atoms with Gasteiger partial charge in [-0.25, -0.2) is 4.79 Å². The highest BCUT2D eigenvalue weighted by molar-refractivity contribution is 5.71. The van der Waals surface area contributed by atoms with Gasteiger partial charge in [0.1, 0.15) is 5.60 Å². The monoisotopic (exact) mass is 322 g/mol. The average molecular weight is 322 g/mol. The van der Waals surface area contributed by atoms with E-state index >= 15 is 0 Å². The molecule has 0 radical (unpaired) electrons. The van der Waals surface area contributed by atoms with Gasteiger partial charge in [0.2, 0.25) is 6.79 Å². The Kier molecular flexibility index (Phi) is 4.53. The number of carbonyl (C=O) groups excluding carboxylic acids is 1. The quantitative estimate of drug-likeness (QED) is 0.847. The number of hydrogen-bond donors (Lipinski definition) is 1. The smallest absolute Gasteiger partial charge is 0.414 e. The van der Waals surface area contributed by atoms with Crippen LogP contribution in [0.4, 0.5) is 4.79 Å². The molecule has 3 rings (SSSR count). The van der Waals surface area contributed by atoms with Gasteiger partial charge in [-0.15, -0.1) is 0 Å². The van der Waals surface area contributed by atoms with E-state index in [0.29, 0.717) is 5.76 Å². The normalized spacial score (nSPS) is 24.3. The van der Waals surface area contributed by atoms with E-state index in [1.807, 2.05) is 26.8 Å². The Morgan fingerprint density at radius 3 is 2.91 bits per heavy atom. The molecule has 0 bridgehead atoms. The van der Waals surface area contributed by atoms with Crippen LogP contribution in [0.3, 0.4) is 0 Å². The molecule has 2 saturated heterocycles. The molecule has 0 spiro atoms. The lowest BCUT2D eigenvalue weighted by Crippen LogP contribution is -2.50. The van der Waals surface area contributed by atoms with Crippen molar-refractivity contribution in [3.63, 3.8) is 0 Å². The highest BCUT2D eigenvalue weighted by Gasteiger charge is 2.37. The maximum absolute atomic E-state index is 12.9. The third-order valence-corrected chi connectivity index (χ3v) is 4.13. The number of rotatable bonds is 2. The summed E-state index contributed by atoms with van der Waals surface area (Å²) in [6, 6.07) is 0.0876. The summed E-state index contributed by atoms with van der Waals surface area (Å²) >= 11 is 0. The van der Waals surface area contributed by atoms with Crippen molar-refractivity contribution in [2.45, 2.75) is 58.1 Å². The molecule has 3 aliphatic rings. The summed E-state index contributed by atoms with van der Waals surface area (Å²) in [6.07, 6.45) is 5.34. The van der Waals surface area contributed by atoms with Gasteiger partial charge in [-0.2, -0.15) is 0 Å². The molecule has 0 aromatic heterocycles. The summed E-state index contributed by atoms with van der Waals surface area (Å²) in [4.78, 5) is 14.7. The molecule has 1 N–H and O–H groups in total. The van der Waals surface area contributed by atoms with Crippen molar-refractivity contribution in [2.75, 3.05) is 19.9 Å². The predicted octanol–water partition coefficient (Wildman–Crippen LogP) is 2.87. The first-order valence-electron chi connectivity index (χ1n) is 8.38. The van der Waals surface area contributed by atoms with E-state index in [-0.39, 0.29) is 18.9 Å². The van der Waals surface area contributed by atoms with E-state index in [2.05, 4.69) is 5.32 Å². The molecule has 6 heteroatoms. The van der Waals surface area contributed by atoms with Crippen molar-refractivity contribution in [3.8, 4) is 0 Å². The molecule has 128 valence electrons. The number of piperidine rings is 1. The van der Waals surface area contributed by atoms with Crippen LogP contribution in [0.1, 0.15) is 46.5 Å². The standard InChI is InChI=1S/C17H26N2O4/c1-17(2,3)23-16(20)19(12-6-5-9-18-10-12)13-7-4-8-14-15(13)22-11-21-14/h8,12,18H,4-7,9-11H2,1-3H3. The molecule has 2 heterocycles. The summed E-state index contributed by atoms with van der Waals surface area (Å²) in [5.74, 6) is 1.45. The van der Waals surface area contributed by atoms with Gasteiger partial charge >= 0.3 is 6.09 Å². The van der Waals surface area contributed by atoms with Crippen molar-refractivity contribution in [2.24, 2.45) is 0 Å². The molecule has 1 aliphatic carbocycles. The van der Waals surface area contributed by atoms with E-state index < -0.39 is 5.60 Å². The van der Waals surface area contributed by atoms with E-state index in [1.165, 1.54) is 0 Å². The molecule has 23 heavy (non-hydrogen) atoms. The van der Waals surface area contributed by atoms with Crippen LogP contribution in [-0.2, 0) is 14.2 Å². The second-order valence-corrected chi connectivity index (χ2v) is 7.14. The largest absolute Gasteiger partial charge is 0.454 e. The lowest BCUT2D eigenvalue weighted by Gasteiger charge is -2.37. The van der Waals surface area contributed by atoms with Gasteiger partial charge in [0.25, 0.3) is 0 Å². The van der Waals surface area contributed by atoms with Gasteiger partial charge < -0.3 is 19.5 Å². The van der Waals surface area contributed by atoms with Crippen LogP contribution >= 0.6 is 0 Å². The first-order chi connectivity index (χ1) is 11.0. The molecule has 1 unspecified atom stereocenters. The van der Waals surface area contributed by atoms with Gasteiger partial charge in [0.15, 0.2) is 11.5 Å². The van der Waals surface area contributed by atoms with Crippen molar-refractivity contribution < 1.29 is 19.0 Å². The zero-order valence-corrected chi connectivity index (χ0v) is 14.2. The van der Waals surface area contributed by atoms with Crippen LogP contribution in [0.2, 0.25) is 0 Å². The summed E-state index contributed by atoms with van der Waals surface area (Å²) < 4.78 is 16.8. The Bertz CT molecular complexity index is 527. The molecule has 1 amide bonds. The first kappa shape index (κ1) is 16.2. The molecule has 2 aliphatic heterocycles. The first-order valence-corrected chi connectivity index (χ1v) is 8.38. The van der Waals surface area contributed by atoms with Crippen LogP contribution < -0.4 is 5.32 Å². The number of fused-ring (bicyclic) bond motifs is 1. The van der Waals surface area contributed by atoms with Crippen molar-refractivity contribution >= 4 is 6.09 Å². The van der Waals surface area contributed by atoms with Crippen molar-refractivity contribution in [3.05, 3.63) is 23.3 Å². The summed E-state index contributed by atoms with van der Waals surface area (Å²) in [5.41, 5.74) is 0.367. The Hall–Kier alpha value is -1.69. The highest BCUT2D eigenvalue weighted by Crippen LogP contribution is 2.35. The summed E-state index contributed by atoms with van der Waals surface area (Å²) in [7, 11) is 0. The Morgan fingerprint density at radius 2 is 2.22 bits per heavy atom. The molecule has 6 nitrogen and oxygen atoms in total. The predicted molar refractivity (Wildman–Crippen MR) is 85.3 cm³/mol. The lowest BCUT2D eigenvalue weighted by molar-refractivity contribution is 0.0194. The van der Waals surface area contributed by atoms with Crippen LogP contribution in [0.15, 0.2) is 23.3 Å².